The summed E-state index contributed by atoms with van der Waals surface area (Å²) in [5.41, 5.74) is 3.02. The van der Waals surface area contributed by atoms with Crippen LogP contribution in [0.5, 0.6) is 11.5 Å². The molecule has 2 heterocycles. The van der Waals surface area contributed by atoms with Gasteiger partial charge in [-0.3, -0.25) is 19.4 Å². The van der Waals surface area contributed by atoms with E-state index in [1.54, 1.807) is 22.8 Å². The van der Waals surface area contributed by atoms with Crippen LogP contribution in [0.2, 0.25) is 15.1 Å². The number of nitrogens with zero attached hydrogens (tertiary/aromatic N) is 4. The highest BCUT2D eigenvalue weighted by Crippen LogP contribution is 2.35. The summed E-state index contributed by atoms with van der Waals surface area (Å²) in [7, 11) is 0. The van der Waals surface area contributed by atoms with E-state index in [1.165, 1.54) is 5.56 Å². The number of benzene rings is 4. The summed E-state index contributed by atoms with van der Waals surface area (Å²) in [5, 5.41) is 10.9. The molecule has 2 aliphatic heterocycles. The molecule has 2 aliphatic rings. The van der Waals surface area contributed by atoms with Gasteiger partial charge in [-0.1, -0.05) is 85.0 Å². The second-order valence-corrected chi connectivity index (χ2v) is 16.2. The molecule has 0 bridgehead atoms. The van der Waals surface area contributed by atoms with Gasteiger partial charge in [0.1, 0.15) is 17.1 Å². The monoisotopic (exact) mass is 890 g/mol. The number of hydrogen-bond donors (Lipinski definition) is 1. The SMILES string of the molecule is Cc1ccc(C(C)C)c(OCC(=O)N2CCN(Cc3ccc(Cl)cc3)CC2)c1C(=O)O.O=C(COc1ccc(C(F)(F)F)cc1Cl)N1CCN(Cc2ccc(Cl)cc2)CC1. The topological polar surface area (TPSA) is 103 Å². The minimum absolute atomic E-state index is 0.0504. The lowest BCUT2D eigenvalue weighted by Crippen LogP contribution is -2.49. The maximum atomic E-state index is 12.7. The highest BCUT2D eigenvalue weighted by atomic mass is 35.5. The molecule has 4 aromatic carbocycles. The van der Waals surface area contributed by atoms with Gasteiger partial charge in [0.05, 0.1) is 10.6 Å². The average Bonchev–Trinajstić information content (AvgIpc) is 3.21. The second kappa shape index (κ2) is 21.3. The zero-order valence-corrected chi connectivity index (χ0v) is 35.9. The van der Waals surface area contributed by atoms with Crippen molar-refractivity contribution in [2.75, 3.05) is 65.6 Å². The zero-order chi connectivity index (χ0) is 43.6. The van der Waals surface area contributed by atoms with Gasteiger partial charge in [0, 0.05) is 75.5 Å². The van der Waals surface area contributed by atoms with E-state index in [2.05, 4.69) is 9.80 Å². The van der Waals surface area contributed by atoms with Gasteiger partial charge < -0.3 is 24.4 Å². The summed E-state index contributed by atoms with van der Waals surface area (Å²) >= 11 is 17.7. The molecule has 2 fully saturated rings. The number of hydrogen-bond acceptors (Lipinski definition) is 7. The Bertz CT molecular complexity index is 2090. The van der Waals surface area contributed by atoms with Crippen molar-refractivity contribution in [2.45, 2.75) is 46.0 Å². The number of carboxylic acids is 1. The number of rotatable bonds is 12. The number of alkyl halides is 3. The molecule has 0 radical (unpaired) electrons. The first-order valence-electron chi connectivity index (χ1n) is 19.5. The fourth-order valence-electron chi connectivity index (χ4n) is 6.83. The Hall–Kier alpha value is -4.53. The maximum absolute atomic E-state index is 12.7. The molecule has 0 saturated carbocycles. The quantitative estimate of drug-likeness (QED) is 0.151. The van der Waals surface area contributed by atoms with Gasteiger partial charge in [-0.15, -0.1) is 0 Å². The third-order valence-corrected chi connectivity index (χ3v) is 11.1. The molecule has 10 nitrogen and oxygen atoms in total. The van der Waals surface area contributed by atoms with Crippen molar-refractivity contribution in [1.29, 1.82) is 0 Å². The molecule has 0 spiro atoms. The van der Waals surface area contributed by atoms with Crippen molar-refractivity contribution in [3.05, 3.63) is 127 Å². The predicted molar refractivity (Wildman–Crippen MR) is 226 cm³/mol. The first-order chi connectivity index (χ1) is 28.5. The lowest BCUT2D eigenvalue weighted by Gasteiger charge is -2.34. The molecule has 0 aromatic heterocycles. The van der Waals surface area contributed by atoms with Gasteiger partial charge in [-0.2, -0.15) is 13.2 Å². The number of aromatic carboxylic acids is 1. The zero-order valence-electron chi connectivity index (χ0n) is 33.6. The van der Waals surface area contributed by atoms with Crippen LogP contribution in [-0.2, 0) is 28.9 Å². The first kappa shape index (κ1) is 46.5. The van der Waals surface area contributed by atoms with Crippen molar-refractivity contribution < 1.29 is 42.1 Å². The van der Waals surface area contributed by atoms with Gasteiger partial charge >= 0.3 is 12.1 Å². The van der Waals surface area contributed by atoms with Crippen LogP contribution < -0.4 is 9.47 Å². The van der Waals surface area contributed by atoms with Crippen LogP contribution in [-0.4, -0.2) is 108 Å². The number of carbonyl (C=O) groups excluding carboxylic acids is 2. The Morgan fingerprint density at radius 1 is 0.683 bits per heavy atom. The molecule has 1 N–H and O–H groups in total. The fourth-order valence-corrected chi connectivity index (χ4v) is 7.32. The van der Waals surface area contributed by atoms with Gasteiger partial charge in [-0.05, 0) is 77.6 Å². The summed E-state index contributed by atoms with van der Waals surface area (Å²) in [6.45, 7) is 12.2. The van der Waals surface area contributed by atoms with Gasteiger partial charge in [0.25, 0.3) is 11.8 Å². The van der Waals surface area contributed by atoms with Gasteiger partial charge in [-0.25, -0.2) is 4.79 Å². The maximum Gasteiger partial charge on any atom is 0.416 e. The summed E-state index contributed by atoms with van der Waals surface area (Å²) in [5.74, 6) is -0.962. The van der Waals surface area contributed by atoms with E-state index >= 15 is 0 Å². The van der Waals surface area contributed by atoms with E-state index in [0.717, 1.165) is 73.6 Å². The van der Waals surface area contributed by atoms with Crippen LogP contribution in [0, 0.1) is 6.92 Å². The van der Waals surface area contributed by atoms with Crippen molar-refractivity contribution in [1.82, 2.24) is 19.6 Å². The molecular formula is C44H48Cl3F3N4O6. The Morgan fingerprint density at radius 2 is 1.15 bits per heavy atom. The molecule has 2 saturated heterocycles. The lowest BCUT2D eigenvalue weighted by atomic mass is 9.96. The largest absolute Gasteiger partial charge is 0.483 e. The lowest BCUT2D eigenvalue weighted by molar-refractivity contribution is -0.138. The number of piperazine rings is 2. The second-order valence-electron chi connectivity index (χ2n) is 14.9. The van der Waals surface area contributed by atoms with Crippen molar-refractivity contribution in [2.24, 2.45) is 0 Å². The smallest absolute Gasteiger partial charge is 0.416 e. The summed E-state index contributed by atoms with van der Waals surface area (Å²) < 4.78 is 49.2. The first-order valence-corrected chi connectivity index (χ1v) is 20.6. The number of halogens is 6. The molecule has 60 heavy (non-hydrogen) atoms. The highest BCUT2D eigenvalue weighted by Gasteiger charge is 2.31. The van der Waals surface area contributed by atoms with Gasteiger partial charge in [0.15, 0.2) is 13.2 Å². The highest BCUT2D eigenvalue weighted by molar-refractivity contribution is 6.32. The molecule has 6 rings (SSSR count). The van der Waals surface area contributed by atoms with E-state index < -0.39 is 17.7 Å². The summed E-state index contributed by atoms with van der Waals surface area (Å²) in [4.78, 5) is 44.9. The van der Waals surface area contributed by atoms with Crippen LogP contribution in [0.15, 0.2) is 78.9 Å². The van der Waals surface area contributed by atoms with Crippen LogP contribution in [0.1, 0.15) is 57.9 Å². The third-order valence-electron chi connectivity index (χ3n) is 10.3. The Kier molecular flexibility index (Phi) is 16.5. The van der Waals surface area contributed by atoms with Crippen LogP contribution in [0.25, 0.3) is 0 Å². The Balaban J connectivity index is 0.000000228. The summed E-state index contributed by atoms with van der Waals surface area (Å²) in [6, 6.07) is 21.9. The molecular weight excluding hydrogens is 844 g/mol. The minimum Gasteiger partial charge on any atom is -0.483 e. The number of ether oxygens (including phenoxy) is 2. The standard InChI is InChI=1S/C24H29ClN2O4.C20H19Cl2F3N2O2/c1-16(2)20-9-4-17(3)22(24(29)30)23(20)31-15-21(28)27-12-10-26(11-13-27)14-18-5-7-19(25)8-6-18;21-16-4-1-14(2-5-16)12-26-7-9-27(10-8-26)19(28)13-29-18-6-3-15(11-17(18)22)20(23,24)25/h4-9,16H,10-15H2,1-3H3,(H,29,30);1-6,11H,7-10,12-13H2. The Labute approximate surface area is 363 Å². The number of amides is 2. The number of aryl methyl sites for hydroxylation is 1. The number of carbonyl (C=O) groups is 3. The minimum atomic E-state index is -4.48. The van der Waals surface area contributed by atoms with E-state index in [0.29, 0.717) is 42.5 Å². The van der Waals surface area contributed by atoms with Crippen molar-refractivity contribution in [3.63, 3.8) is 0 Å². The predicted octanol–water partition coefficient (Wildman–Crippen LogP) is 8.93. The van der Waals surface area contributed by atoms with Crippen LogP contribution >= 0.6 is 34.8 Å². The number of carboxylic acid groups (broad SMARTS) is 1. The van der Waals surface area contributed by atoms with Crippen molar-refractivity contribution >= 4 is 52.6 Å². The van der Waals surface area contributed by atoms with E-state index in [-0.39, 0.29) is 47.3 Å². The summed E-state index contributed by atoms with van der Waals surface area (Å²) in [6.07, 6.45) is -4.48. The molecule has 16 heteroatoms. The van der Waals surface area contributed by atoms with E-state index in [1.807, 2.05) is 68.4 Å². The molecule has 4 aromatic rings. The fraction of sp³-hybridized carbons (Fsp3) is 0.386. The molecule has 0 unspecified atom stereocenters. The molecule has 0 aliphatic carbocycles. The third kappa shape index (κ3) is 13.2. The van der Waals surface area contributed by atoms with Crippen LogP contribution in [0.3, 0.4) is 0 Å². The Morgan fingerprint density at radius 3 is 1.57 bits per heavy atom. The average molecular weight is 892 g/mol. The molecule has 2 amide bonds. The van der Waals surface area contributed by atoms with Crippen molar-refractivity contribution in [3.8, 4) is 11.5 Å². The van der Waals surface area contributed by atoms with Crippen LogP contribution in [0.4, 0.5) is 13.2 Å². The van der Waals surface area contributed by atoms with Gasteiger partial charge in [0.2, 0.25) is 0 Å². The normalized spacial score (nSPS) is 15.0. The van der Waals surface area contributed by atoms with E-state index in [9.17, 15) is 32.7 Å². The molecule has 322 valence electrons. The van der Waals surface area contributed by atoms with E-state index in [4.69, 9.17) is 44.3 Å². The molecule has 0 atom stereocenters.